The van der Waals surface area contributed by atoms with Gasteiger partial charge in [-0.15, -0.1) is 0 Å². The molecule has 0 heterocycles. The summed E-state index contributed by atoms with van der Waals surface area (Å²) in [6.07, 6.45) is 0.631. The van der Waals surface area contributed by atoms with Gasteiger partial charge >= 0.3 is 0 Å². The van der Waals surface area contributed by atoms with Gasteiger partial charge in [0, 0.05) is 11.1 Å². The highest BCUT2D eigenvalue weighted by atomic mass is 35.5. The molecule has 2 aromatic rings. The SMILES string of the molecule is CCC(NS(=O)(=O)c1cc(Cl)ccc1OC)c1ccc(C)cc1C. The third-order valence-corrected chi connectivity index (χ3v) is 5.65. The summed E-state index contributed by atoms with van der Waals surface area (Å²) in [5, 5.41) is 0.343. The number of benzene rings is 2. The summed E-state index contributed by atoms with van der Waals surface area (Å²) in [7, 11) is -2.34. The maximum Gasteiger partial charge on any atom is 0.244 e. The van der Waals surface area contributed by atoms with Crippen LogP contribution in [0.2, 0.25) is 5.02 Å². The molecule has 2 rings (SSSR count). The van der Waals surface area contributed by atoms with Gasteiger partial charge in [0.2, 0.25) is 10.0 Å². The van der Waals surface area contributed by atoms with Crippen LogP contribution < -0.4 is 9.46 Å². The highest BCUT2D eigenvalue weighted by Gasteiger charge is 2.24. The van der Waals surface area contributed by atoms with Crippen LogP contribution in [0.1, 0.15) is 36.1 Å². The van der Waals surface area contributed by atoms with Gasteiger partial charge in [-0.05, 0) is 49.6 Å². The third-order valence-electron chi connectivity index (χ3n) is 3.92. The van der Waals surface area contributed by atoms with Gasteiger partial charge in [-0.1, -0.05) is 42.3 Å². The maximum atomic E-state index is 12.8. The molecule has 6 heteroatoms. The second-order valence-corrected chi connectivity index (χ2v) is 7.86. The zero-order valence-corrected chi connectivity index (χ0v) is 15.8. The Labute approximate surface area is 148 Å². The molecule has 0 saturated heterocycles. The van der Waals surface area contributed by atoms with Crippen molar-refractivity contribution >= 4 is 21.6 Å². The van der Waals surface area contributed by atoms with E-state index >= 15 is 0 Å². The van der Waals surface area contributed by atoms with Crippen molar-refractivity contribution in [2.75, 3.05) is 7.11 Å². The van der Waals surface area contributed by atoms with Crippen molar-refractivity contribution in [1.82, 2.24) is 4.72 Å². The topological polar surface area (TPSA) is 55.4 Å². The zero-order valence-electron chi connectivity index (χ0n) is 14.3. The molecule has 0 amide bonds. The van der Waals surface area contributed by atoms with Gasteiger partial charge in [0.05, 0.1) is 7.11 Å². The molecule has 0 spiro atoms. The van der Waals surface area contributed by atoms with Crippen molar-refractivity contribution < 1.29 is 13.2 Å². The third kappa shape index (κ3) is 4.09. The molecule has 0 radical (unpaired) electrons. The molecule has 130 valence electrons. The van der Waals surface area contributed by atoms with E-state index in [4.69, 9.17) is 16.3 Å². The largest absolute Gasteiger partial charge is 0.495 e. The number of hydrogen-bond acceptors (Lipinski definition) is 3. The van der Waals surface area contributed by atoms with Gasteiger partial charge in [0.25, 0.3) is 0 Å². The lowest BCUT2D eigenvalue weighted by Gasteiger charge is -2.21. The van der Waals surface area contributed by atoms with Crippen molar-refractivity contribution in [3.8, 4) is 5.75 Å². The molecule has 0 aliphatic rings. The standard InChI is InChI=1S/C18H22ClNO3S/c1-5-16(15-8-6-12(2)10-13(15)3)20-24(21,22)18-11-14(19)7-9-17(18)23-4/h6-11,16,20H,5H2,1-4H3. The summed E-state index contributed by atoms with van der Waals surface area (Å²) < 4.78 is 33.6. The first-order chi connectivity index (χ1) is 11.3. The number of halogens is 1. The first-order valence-electron chi connectivity index (χ1n) is 7.71. The number of sulfonamides is 1. The smallest absolute Gasteiger partial charge is 0.244 e. The Balaban J connectivity index is 2.41. The number of ether oxygens (including phenoxy) is 1. The number of rotatable bonds is 6. The molecule has 0 saturated carbocycles. The molecule has 0 aromatic heterocycles. The van der Waals surface area contributed by atoms with E-state index in [1.54, 1.807) is 12.1 Å². The number of hydrogen-bond donors (Lipinski definition) is 1. The lowest BCUT2D eigenvalue weighted by atomic mass is 9.98. The summed E-state index contributed by atoms with van der Waals surface area (Å²) in [4.78, 5) is 0.0423. The van der Waals surface area contributed by atoms with E-state index in [1.165, 1.54) is 13.2 Å². The fourth-order valence-corrected chi connectivity index (χ4v) is 4.42. The molecular weight excluding hydrogens is 346 g/mol. The Hall–Kier alpha value is -1.56. The molecule has 0 aliphatic heterocycles. The van der Waals surface area contributed by atoms with Gasteiger partial charge in [0.1, 0.15) is 10.6 Å². The van der Waals surface area contributed by atoms with E-state index in [1.807, 2.05) is 39.0 Å². The van der Waals surface area contributed by atoms with Gasteiger partial charge in [-0.2, -0.15) is 0 Å². The van der Waals surface area contributed by atoms with E-state index in [0.717, 1.165) is 16.7 Å². The maximum absolute atomic E-state index is 12.8. The van der Waals surface area contributed by atoms with Crippen molar-refractivity contribution in [2.24, 2.45) is 0 Å². The fraction of sp³-hybridized carbons (Fsp3) is 0.333. The molecule has 24 heavy (non-hydrogen) atoms. The van der Waals surface area contributed by atoms with Crippen LogP contribution in [0.3, 0.4) is 0 Å². The molecule has 4 nitrogen and oxygen atoms in total. The minimum atomic E-state index is -3.77. The summed E-state index contributed by atoms with van der Waals surface area (Å²) in [5.74, 6) is 0.266. The average molecular weight is 368 g/mol. The minimum absolute atomic E-state index is 0.0423. The van der Waals surface area contributed by atoms with Crippen LogP contribution in [0.15, 0.2) is 41.3 Å². The van der Waals surface area contributed by atoms with E-state index in [2.05, 4.69) is 4.72 Å². The molecule has 1 unspecified atom stereocenters. The Morgan fingerprint density at radius 1 is 1.17 bits per heavy atom. The van der Waals surface area contributed by atoms with E-state index in [0.29, 0.717) is 11.4 Å². The lowest BCUT2D eigenvalue weighted by molar-refractivity contribution is 0.402. The predicted octanol–water partition coefficient (Wildman–Crippen LogP) is 4.40. The molecule has 0 aliphatic carbocycles. The number of nitrogens with one attached hydrogen (secondary N) is 1. The van der Waals surface area contributed by atoms with Gasteiger partial charge in [-0.3, -0.25) is 0 Å². The van der Waals surface area contributed by atoms with Crippen LogP contribution in [-0.4, -0.2) is 15.5 Å². The van der Waals surface area contributed by atoms with E-state index in [-0.39, 0.29) is 16.7 Å². The molecule has 0 fully saturated rings. The second kappa shape index (κ2) is 7.55. The van der Waals surface area contributed by atoms with Crippen LogP contribution in [0.25, 0.3) is 0 Å². The fourth-order valence-electron chi connectivity index (χ4n) is 2.69. The Morgan fingerprint density at radius 2 is 1.88 bits per heavy atom. The lowest BCUT2D eigenvalue weighted by Crippen LogP contribution is -2.29. The van der Waals surface area contributed by atoms with Crippen molar-refractivity contribution in [3.63, 3.8) is 0 Å². The first-order valence-corrected chi connectivity index (χ1v) is 9.57. The van der Waals surface area contributed by atoms with Crippen LogP contribution in [0.4, 0.5) is 0 Å². The average Bonchev–Trinajstić information content (AvgIpc) is 2.53. The highest BCUT2D eigenvalue weighted by molar-refractivity contribution is 7.89. The number of aryl methyl sites for hydroxylation is 2. The minimum Gasteiger partial charge on any atom is -0.495 e. The molecular formula is C18H22ClNO3S. The summed E-state index contributed by atoms with van der Waals surface area (Å²) in [6, 6.07) is 10.2. The van der Waals surface area contributed by atoms with E-state index in [9.17, 15) is 8.42 Å². The molecule has 2 aromatic carbocycles. The first kappa shape index (κ1) is 18.8. The van der Waals surface area contributed by atoms with Gasteiger partial charge in [0.15, 0.2) is 0 Å². The van der Waals surface area contributed by atoms with Crippen LogP contribution in [0, 0.1) is 13.8 Å². The highest BCUT2D eigenvalue weighted by Crippen LogP contribution is 2.30. The molecule has 0 bridgehead atoms. The van der Waals surface area contributed by atoms with Crippen molar-refractivity contribution in [1.29, 1.82) is 0 Å². The van der Waals surface area contributed by atoms with Crippen LogP contribution in [-0.2, 0) is 10.0 Å². The van der Waals surface area contributed by atoms with E-state index < -0.39 is 10.0 Å². The molecule has 1 atom stereocenters. The molecule has 1 N–H and O–H groups in total. The Bertz CT molecular complexity index is 834. The Morgan fingerprint density at radius 3 is 2.46 bits per heavy atom. The Kier molecular flexibility index (Phi) is 5.91. The van der Waals surface area contributed by atoms with Crippen molar-refractivity contribution in [2.45, 2.75) is 38.1 Å². The zero-order chi connectivity index (χ0) is 17.9. The summed E-state index contributed by atoms with van der Waals surface area (Å²) >= 11 is 5.96. The number of methoxy groups -OCH3 is 1. The summed E-state index contributed by atoms with van der Waals surface area (Å²) in [6.45, 7) is 5.94. The summed E-state index contributed by atoms with van der Waals surface area (Å²) in [5.41, 5.74) is 3.17. The monoisotopic (exact) mass is 367 g/mol. The van der Waals surface area contributed by atoms with Crippen LogP contribution in [0.5, 0.6) is 5.75 Å². The van der Waals surface area contributed by atoms with Gasteiger partial charge in [-0.25, -0.2) is 13.1 Å². The second-order valence-electron chi connectivity index (χ2n) is 5.74. The quantitative estimate of drug-likeness (QED) is 0.823. The normalized spacial score (nSPS) is 12.9. The predicted molar refractivity (Wildman–Crippen MR) is 97.3 cm³/mol. The van der Waals surface area contributed by atoms with Crippen LogP contribution >= 0.6 is 11.6 Å². The van der Waals surface area contributed by atoms with Gasteiger partial charge < -0.3 is 4.74 Å². The van der Waals surface area contributed by atoms with Crippen molar-refractivity contribution in [3.05, 3.63) is 58.1 Å².